The quantitative estimate of drug-likeness (QED) is 0.557. The highest BCUT2D eigenvalue weighted by Crippen LogP contribution is 2.15. The van der Waals surface area contributed by atoms with Gasteiger partial charge in [0.05, 0.1) is 0 Å². The van der Waals surface area contributed by atoms with Crippen molar-refractivity contribution in [2.75, 3.05) is 23.7 Å². The highest BCUT2D eigenvalue weighted by atomic mass is 16.6. The second kappa shape index (κ2) is 10.5. The van der Waals surface area contributed by atoms with E-state index in [0.717, 1.165) is 0 Å². The van der Waals surface area contributed by atoms with Crippen LogP contribution in [0.2, 0.25) is 0 Å². The Morgan fingerprint density at radius 2 is 1.10 bits per heavy atom. The van der Waals surface area contributed by atoms with Crippen molar-refractivity contribution in [1.29, 1.82) is 0 Å². The minimum atomic E-state index is -0.698. The number of ether oxygens (including phenoxy) is 2. The first kappa shape index (κ1) is 24.7. The van der Waals surface area contributed by atoms with E-state index < -0.39 is 35.2 Å². The van der Waals surface area contributed by atoms with Crippen molar-refractivity contribution in [3.63, 3.8) is 0 Å². The van der Waals surface area contributed by atoms with Crippen molar-refractivity contribution >= 4 is 35.4 Å². The number of amides is 4. The third-order valence-electron chi connectivity index (χ3n) is 3.01. The highest BCUT2D eigenvalue weighted by Gasteiger charge is 2.17. The first-order chi connectivity index (χ1) is 13.7. The third kappa shape index (κ3) is 11.5. The lowest BCUT2D eigenvalue weighted by Gasteiger charge is -2.19. The van der Waals surface area contributed by atoms with Gasteiger partial charge in [-0.3, -0.25) is 9.59 Å². The number of hydrogen-bond donors (Lipinski definition) is 4. The van der Waals surface area contributed by atoms with E-state index in [1.165, 1.54) is 6.07 Å². The molecule has 0 unspecified atom stereocenters. The van der Waals surface area contributed by atoms with Gasteiger partial charge in [-0.05, 0) is 59.7 Å². The number of benzene rings is 1. The van der Waals surface area contributed by atoms with Crippen molar-refractivity contribution in [2.24, 2.45) is 0 Å². The zero-order valence-electron chi connectivity index (χ0n) is 18.2. The molecule has 0 radical (unpaired) electrons. The molecule has 0 fully saturated rings. The van der Waals surface area contributed by atoms with Crippen LogP contribution in [0.1, 0.15) is 41.5 Å². The number of carbonyl (C=O) groups excluding carboxylic acids is 4. The SMILES string of the molecule is CC(C)(C)OC(=O)NCC(=O)Nc1cccc(NC(=O)CNC(=O)OC(C)(C)C)c1. The minimum Gasteiger partial charge on any atom is -0.444 e. The van der Waals surface area contributed by atoms with Gasteiger partial charge in [-0.2, -0.15) is 0 Å². The van der Waals surface area contributed by atoms with Gasteiger partial charge in [0.1, 0.15) is 24.3 Å². The molecule has 0 aliphatic heterocycles. The molecule has 4 amide bonds. The van der Waals surface area contributed by atoms with Crippen LogP contribution in [0.25, 0.3) is 0 Å². The molecule has 10 heteroatoms. The maximum atomic E-state index is 12.0. The van der Waals surface area contributed by atoms with Crippen LogP contribution in [0.4, 0.5) is 21.0 Å². The average molecular weight is 422 g/mol. The zero-order chi connectivity index (χ0) is 22.9. The van der Waals surface area contributed by atoms with Crippen molar-refractivity contribution < 1.29 is 28.7 Å². The fraction of sp³-hybridized carbons (Fsp3) is 0.500. The molecule has 1 aromatic carbocycles. The predicted octanol–water partition coefficient (Wildman–Crippen LogP) is 2.61. The second-order valence-electron chi connectivity index (χ2n) is 8.39. The summed E-state index contributed by atoms with van der Waals surface area (Å²) in [7, 11) is 0. The summed E-state index contributed by atoms with van der Waals surface area (Å²) < 4.78 is 10.1. The van der Waals surface area contributed by atoms with E-state index in [-0.39, 0.29) is 13.1 Å². The highest BCUT2D eigenvalue weighted by molar-refractivity contribution is 5.96. The van der Waals surface area contributed by atoms with Crippen LogP contribution < -0.4 is 21.3 Å². The van der Waals surface area contributed by atoms with Gasteiger partial charge in [0.15, 0.2) is 0 Å². The van der Waals surface area contributed by atoms with Gasteiger partial charge in [-0.1, -0.05) is 6.07 Å². The summed E-state index contributed by atoms with van der Waals surface area (Å²) in [5, 5.41) is 9.91. The van der Waals surface area contributed by atoms with Crippen LogP contribution in [0.5, 0.6) is 0 Å². The first-order valence-electron chi connectivity index (χ1n) is 9.37. The maximum absolute atomic E-state index is 12.0. The number of anilines is 2. The Hall–Kier alpha value is -3.30. The van der Waals surface area contributed by atoms with Crippen LogP contribution in [-0.4, -0.2) is 48.3 Å². The fourth-order valence-electron chi connectivity index (χ4n) is 2.02. The lowest BCUT2D eigenvalue weighted by atomic mass is 10.2. The molecule has 0 aliphatic carbocycles. The van der Waals surface area contributed by atoms with Crippen LogP contribution in [0.3, 0.4) is 0 Å². The summed E-state index contributed by atoms with van der Waals surface area (Å²) in [6, 6.07) is 6.42. The molecule has 10 nitrogen and oxygen atoms in total. The average Bonchev–Trinajstić information content (AvgIpc) is 2.55. The summed E-state index contributed by atoms with van der Waals surface area (Å²) in [5.74, 6) is -0.924. The largest absolute Gasteiger partial charge is 0.444 e. The topological polar surface area (TPSA) is 135 Å². The van der Waals surface area contributed by atoms with E-state index in [1.807, 2.05) is 0 Å². The van der Waals surface area contributed by atoms with Crippen molar-refractivity contribution in [2.45, 2.75) is 52.7 Å². The predicted molar refractivity (Wildman–Crippen MR) is 112 cm³/mol. The van der Waals surface area contributed by atoms with Crippen LogP contribution in [0.15, 0.2) is 24.3 Å². The molecule has 166 valence electrons. The molecule has 0 saturated heterocycles. The zero-order valence-corrected chi connectivity index (χ0v) is 18.2. The number of carbonyl (C=O) groups is 4. The van der Waals surface area contributed by atoms with Gasteiger partial charge in [0.25, 0.3) is 0 Å². The van der Waals surface area contributed by atoms with Crippen LogP contribution in [-0.2, 0) is 19.1 Å². The van der Waals surface area contributed by atoms with Crippen molar-refractivity contribution in [3.8, 4) is 0 Å². The Bertz CT molecular complexity index is 719. The molecule has 4 N–H and O–H groups in total. The normalized spacial score (nSPS) is 11.1. The second-order valence-corrected chi connectivity index (χ2v) is 8.39. The van der Waals surface area contributed by atoms with Crippen LogP contribution >= 0.6 is 0 Å². The summed E-state index contributed by atoms with van der Waals surface area (Å²) in [4.78, 5) is 47.1. The molecule has 1 rings (SSSR count). The lowest BCUT2D eigenvalue weighted by molar-refractivity contribution is -0.116. The third-order valence-corrected chi connectivity index (χ3v) is 3.01. The molecule has 1 aromatic rings. The van der Waals surface area contributed by atoms with Crippen molar-refractivity contribution in [1.82, 2.24) is 10.6 Å². The van der Waals surface area contributed by atoms with Crippen LogP contribution in [0, 0.1) is 0 Å². The van der Waals surface area contributed by atoms with Gasteiger partial charge >= 0.3 is 12.2 Å². The van der Waals surface area contributed by atoms with Gasteiger partial charge in [-0.25, -0.2) is 9.59 Å². The standard InChI is InChI=1S/C20H30N4O6/c1-19(2,3)29-17(27)21-11-15(25)23-13-8-7-9-14(10-13)24-16(26)12-22-18(28)30-20(4,5)6/h7-10H,11-12H2,1-6H3,(H,21,27)(H,22,28)(H,23,25)(H,24,26). The van der Waals surface area contributed by atoms with Gasteiger partial charge in [0, 0.05) is 11.4 Å². The Balaban J connectivity index is 2.48. The summed E-state index contributed by atoms with van der Waals surface area (Å²) in [6.45, 7) is 9.76. The minimum absolute atomic E-state index is 0.273. The smallest absolute Gasteiger partial charge is 0.408 e. The fourth-order valence-corrected chi connectivity index (χ4v) is 2.02. The summed E-state index contributed by atoms with van der Waals surface area (Å²) in [6.07, 6.45) is -1.40. The van der Waals surface area contributed by atoms with Gasteiger partial charge < -0.3 is 30.7 Å². The Kier molecular flexibility index (Phi) is 8.63. The molecule has 0 saturated carbocycles. The molecule has 0 atom stereocenters. The maximum Gasteiger partial charge on any atom is 0.408 e. The number of alkyl carbamates (subject to hydrolysis) is 2. The molecular weight excluding hydrogens is 392 g/mol. The Labute approximate surface area is 176 Å². The number of rotatable bonds is 6. The molecule has 0 heterocycles. The monoisotopic (exact) mass is 422 g/mol. The molecular formula is C20H30N4O6. The lowest BCUT2D eigenvalue weighted by Crippen LogP contribution is -2.37. The summed E-state index contributed by atoms with van der Waals surface area (Å²) >= 11 is 0. The van der Waals surface area contributed by atoms with Gasteiger partial charge in [-0.15, -0.1) is 0 Å². The Morgan fingerprint density at radius 3 is 1.43 bits per heavy atom. The Morgan fingerprint density at radius 1 is 0.733 bits per heavy atom. The van der Waals surface area contributed by atoms with E-state index in [0.29, 0.717) is 11.4 Å². The first-order valence-corrected chi connectivity index (χ1v) is 9.37. The number of nitrogens with one attached hydrogen (secondary N) is 4. The molecule has 30 heavy (non-hydrogen) atoms. The molecule has 0 aromatic heterocycles. The van der Waals surface area contributed by atoms with E-state index in [9.17, 15) is 19.2 Å². The van der Waals surface area contributed by atoms with Gasteiger partial charge in [0.2, 0.25) is 11.8 Å². The summed E-state index contributed by atoms with van der Waals surface area (Å²) in [5.41, 5.74) is -0.482. The van der Waals surface area contributed by atoms with E-state index >= 15 is 0 Å². The molecule has 0 aliphatic rings. The number of hydrogen-bond acceptors (Lipinski definition) is 6. The van der Waals surface area contributed by atoms with Crippen molar-refractivity contribution in [3.05, 3.63) is 24.3 Å². The van der Waals surface area contributed by atoms with E-state index in [4.69, 9.17) is 9.47 Å². The van der Waals surface area contributed by atoms with E-state index in [1.54, 1.807) is 59.7 Å². The molecule has 0 spiro atoms. The molecule has 0 bridgehead atoms. The van der Waals surface area contributed by atoms with E-state index in [2.05, 4.69) is 21.3 Å².